The molecular formula is C8H14N2O3. The standard InChI is InChI=1S/C8H14N2O3/c1-5-4-10(2)6(3-7(11)12)8(13)9-5/h5-6H,3-4H2,1-2H3,(H,9,13)(H,11,12). The molecule has 0 radical (unpaired) electrons. The Hall–Kier alpha value is -1.10. The molecule has 0 aromatic carbocycles. The SMILES string of the molecule is CC1CN(C)C(CC(=O)O)C(=O)N1. The highest BCUT2D eigenvalue weighted by molar-refractivity contribution is 5.86. The van der Waals surface area contributed by atoms with E-state index < -0.39 is 12.0 Å². The van der Waals surface area contributed by atoms with Gasteiger partial charge in [0.15, 0.2) is 0 Å². The normalized spacial score (nSPS) is 29.8. The first-order valence-electron chi connectivity index (χ1n) is 4.23. The molecule has 0 saturated carbocycles. The Bertz CT molecular complexity index is 229. The van der Waals surface area contributed by atoms with Crippen LogP contribution in [0.15, 0.2) is 0 Å². The molecule has 1 fully saturated rings. The fourth-order valence-electron chi connectivity index (χ4n) is 1.56. The second-order valence-corrected chi connectivity index (χ2v) is 3.46. The van der Waals surface area contributed by atoms with Crippen molar-refractivity contribution in [1.29, 1.82) is 0 Å². The number of amides is 1. The van der Waals surface area contributed by atoms with Gasteiger partial charge in [-0.05, 0) is 14.0 Å². The molecule has 0 aromatic heterocycles. The summed E-state index contributed by atoms with van der Waals surface area (Å²) in [5.41, 5.74) is 0. The summed E-state index contributed by atoms with van der Waals surface area (Å²) in [6.07, 6.45) is -0.130. The molecule has 0 bridgehead atoms. The maximum absolute atomic E-state index is 11.3. The molecule has 2 unspecified atom stereocenters. The Morgan fingerprint density at radius 1 is 1.77 bits per heavy atom. The third kappa shape index (κ3) is 2.42. The smallest absolute Gasteiger partial charge is 0.305 e. The van der Waals surface area contributed by atoms with Gasteiger partial charge in [-0.15, -0.1) is 0 Å². The van der Waals surface area contributed by atoms with Crippen LogP contribution in [0.25, 0.3) is 0 Å². The third-order valence-electron chi connectivity index (χ3n) is 2.15. The lowest BCUT2D eigenvalue weighted by atomic mass is 10.1. The van der Waals surface area contributed by atoms with E-state index in [2.05, 4.69) is 5.32 Å². The van der Waals surface area contributed by atoms with E-state index in [-0.39, 0.29) is 18.4 Å². The Labute approximate surface area is 76.7 Å². The van der Waals surface area contributed by atoms with Gasteiger partial charge in [0.05, 0.1) is 12.5 Å². The topological polar surface area (TPSA) is 69.6 Å². The van der Waals surface area contributed by atoms with Crippen LogP contribution in [0, 0.1) is 0 Å². The number of rotatable bonds is 2. The van der Waals surface area contributed by atoms with Gasteiger partial charge in [0, 0.05) is 12.6 Å². The summed E-state index contributed by atoms with van der Waals surface area (Å²) in [4.78, 5) is 23.5. The average molecular weight is 186 g/mol. The van der Waals surface area contributed by atoms with E-state index in [1.165, 1.54) is 0 Å². The second kappa shape index (κ2) is 3.74. The van der Waals surface area contributed by atoms with Crippen LogP contribution in [-0.2, 0) is 9.59 Å². The number of hydrogen-bond donors (Lipinski definition) is 2. The summed E-state index contributed by atoms with van der Waals surface area (Å²) in [6.45, 7) is 2.59. The van der Waals surface area contributed by atoms with Crippen molar-refractivity contribution < 1.29 is 14.7 Å². The lowest BCUT2D eigenvalue weighted by molar-refractivity contribution is -0.143. The molecule has 1 rings (SSSR count). The van der Waals surface area contributed by atoms with E-state index in [0.29, 0.717) is 6.54 Å². The number of carbonyl (C=O) groups excluding carboxylic acids is 1. The van der Waals surface area contributed by atoms with Crippen molar-refractivity contribution in [2.75, 3.05) is 13.6 Å². The molecule has 1 amide bonds. The lowest BCUT2D eigenvalue weighted by Crippen LogP contribution is -2.58. The van der Waals surface area contributed by atoms with Crippen molar-refractivity contribution in [2.24, 2.45) is 0 Å². The van der Waals surface area contributed by atoms with Crippen molar-refractivity contribution in [3.63, 3.8) is 0 Å². The van der Waals surface area contributed by atoms with Crippen LogP contribution in [0.5, 0.6) is 0 Å². The van der Waals surface area contributed by atoms with Crippen molar-refractivity contribution in [3.05, 3.63) is 0 Å². The monoisotopic (exact) mass is 186 g/mol. The van der Waals surface area contributed by atoms with Crippen molar-refractivity contribution in [2.45, 2.75) is 25.4 Å². The summed E-state index contributed by atoms with van der Waals surface area (Å²) in [6, 6.07) is -0.420. The fourth-order valence-corrected chi connectivity index (χ4v) is 1.56. The summed E-state index contributed by atoms with van der Waals surface area (Å²) in [5.74, 6) is -1.13. The number of piperazine rings is 1. The van der Waals surface area contributed by atoms with E-state index in [4.69, 9.17) is 5.11 Å². The minimum atomic E-state index is -0.943. The van der Waals surface area contributed by atoms with Gasteiger partial charge in [-0.3, -0.25) is 14.5 Å². The van der Waals surface area contributed by atoms with E-state index in [0.717, 1.165) is 0 Å². The zero-order valence-electron chi connectivity index (χ0n) is 7.78. The van der Waals surface area contributed by atoms with Crippen LogP contribution < -0.4 is 5.32 Å². The number of carbonyl (C=O) groups is 2. The molecule has 0 aliphatic carbocycles. The number of likely N-dealkylation sites (N-methyl/N-ethyl adjacent to an activating group) is 1. The number of hydrogen-bond acceptors (Lipinski definition) is 3. The van der Waals surface area contributed by atoms with E-state index >= 15 is 0 Å². The minimum absolute atomic E-state index is 0.0996. The Morgan fingerprint density at radius 3 is 2.85 bits per heavy atom. The minimum Gasteiger partial charge on any atom is -0.481 e. The van der Waals surface area contributed by atoms with Crippen LogP contribution >= 0.6 is 0 Å². The number of nitrogens with zero attached hydrogens (tertiary/aromatic N) is 1. The molecule has 0 spiro atoms. The highest BCUT2D eigenvalue weighted by Gasteiger charge is 2.31. The van der Waals surface area contributed by atoms with Crippen LogP contribution in [0.2, 0.25) is 0 Å². The first-order valence-corrected chi connectivity index (χ1v) is 4.23. The maximum Gasteiger partial charge on any atom is 0.305 e. The highest BCUT2D eigenvalue weighted by Crippen LogP contribution is 2.08. The lowest BCUT2D eigenvalue weighted by Gasteiger charge is -2.34. The Kier molecular flexibility index (Phi) is 2.87. The number of nitrogens with one attached hydrogen (secondary N) is 1. The third-order valence-corrected chi connectivity index (χ3v) is 2.15. The summed E-state index contributed by atoms with van der Waals surface area (Å²) in [7, 11) is 1.77. The molecule has 2 atom stereocenters. The van der Waals surface area contributed by atoms with Crippen LogP contribution in [0.4, 0.5) is 0 Å². The number of carboxylic acid groups (broad SMARTS) is 1. The summed E-state index contributed by atoms with van der Waals surface area (Å²) >= 11 is 0. The van der Waals surface area contributed by atoms with E-state index in [1.54, 1.807) is 11.9 Å². The van der Waals surface area contributed by atoms with Crippen molar-refractivity contribution in [3.8, 4) is 0 Å². The molecule has 0 aromatic rings. The molecular weight excluding hydrogens is 172 g/mol. The molecule has 1 aliphatic heterocycles. The predicted molar refractivity (Wildman–Crippen MR) is 46.3 cm³/mol. The molecule has 74 valence electrons. The van der Waals surface area contributed by atoms with E-state index in [9.17, 15) is 9.59 Å². The molecule has 1 heterocycles. The molecule has 2 N–H and O–H groups in total. The quantitative estimate of drug-likeness (QED) is 0.597. The fraction of sp³-hybridized carbons (Fsp3) is 0.750. The summed E-state index contributed by atoms with van der Waals surface area (Å²) < 4.78 is 0. The highest BCUT2D eigenvalue weighted by atomic mass is 16.4. The zero-order chi connectivity index (χ0) is 10.0. The Balaban J connectivity index is 2.61. The number of aliphatic carboxylic acids is 1. The van der Waals surface area contributed by atoms with Gasteiger partial charge in [0.1, 0.15) is 0 Å². The van der Waals surface area contributed by atoms with Gasteiger partial charge in [-0.25, -0.2) is 0 Å². The molecule has 5 heteroatoms. The molecule has 13 heavy (non-hydrogen) atoms. The van der Waals surface area contributed by atoms with Gasteiger partial charge in [0.2, 0.25) is 5.91 Å². The predicted octanol–water partition coefficient (Wildman–Crippen LogP) is -0.720. The largest absolute Gasteiger partial charge is 0.481 e. The van der Waals surface area contributed by atoms with Gasteiger partial charge in [-0.2, -0.15) is 0 Å². The number of carboxylic acids is 1. The van der Waals surface area contributed by atoms with Gasteiger partial charge in [0.25, 0.3) is 0 Å². The van der Waals surface area contributed by atoms with Crippen LogP contribution in [0.3, 0.4) is 0 Å². The molecule has 5 nitrogen and oxygen atoms in total. The first kappa shape index (κ1) is 9.98. The second-order valence-electron chi connectivity index (χ2n) is 3.46. The van der Waals surface area contributed by atoms with E-state index in [1.807, 2.05) is 6.92 Å². The van der Waals surface area contributed by atoms with Crippen LogP contribution in [0.1, 0.15) is 13.3 Å². The van der Waals surface area contributed by atoms with Gasteiger partial charge in [-0.1, -0.05) is 0 Å². The molecule has 1 saturated heterocycles. The average Bonchev–Trinajstić information content (AvgIpc) is 1.96. The van der Waals surface area contributed by atoms with Crippen LogP contribution in [-0.4, -0.2) is 47.6 Å². The maximum atomic E-state index is 11.3. The zero-order valence-corrected chi connectivity index (χ0v) is 7.78. The van der Waals surface area contributed by atoms with Gasteiger partial charge < -0.3 is 10.4 Å². The van der Waals surface area contributed by atoms with Crippen molar-refractivity contribution in [1.82, 2.24) is 10.2 Å². The Morgan fingerprint density at radius 2 is 2.38 bits per heavy atom. The summed E-state index contributed by atoms with van der Waals surface area (Å²) in [5, 5.41) is 11.3. The van der Waals surface area contributed by atoms with Crippen molar-refractivity contribution >= 4 is 11.9 Å². The first-order chi connectivity index (χ1) is 6.00. The molecule has 1 aliphatic rings. The van der Waals surface area contributed by atoms with Gasteiger partial charge >= 0.3 is 5.97 Å².